The third-order valence-electron chi connectivity index (χ3n) is 0.883. The molecule has 9 heavy (non-hydrogen) atoms. The molecule has 50 valence electrons. The van der Waals surface area contributed by atoms with Crippen molar-refractivity contribution in [2.75, 3.05) is 7.05 Å². The second kappa shape index (κ2) is 2.70. The fraction of sp³-hybridized carbons (Fsp3) is 0.250. The van der Waals surface area contributed by atoms with E-state index in [1.54, 1.807) is 19.3 Å². The molecule has 0 bridgehead atoms. The highest BCUT2D eigenvalue weighted by atomic mass is 35.5. The van der Waals surface area contributed by atoms with Crippen molar-refractivity contribution in [3.63, 3.8) is 0 Å². The van der Waals surface area contributed by atoms with Crippen LogP contribution in [0.5, 0.6) is 0 Å². The summed E-state index contributed by atoms with van der Waals surface area (Å²) in [6.07, 6.45) is 3.46. The lowest BCUT2D eigenvalue weighted by molar-refractivity contribution is 0.343. The smallest absolute Gasteiger partial charge is 0.139 e. The topological polar surface area (TPSA) is 39.7 Å². The van der Waals surface area contributed by atoms with Crippen molar-refractivity contribution in [3.8, 4) is 0 Å². The molecule has 1 aliphatic heterocycles. The van der Waals surface area contributed by atoms with Crippen molar-refractivity contribution in [2.24, 2.45) is 4.99 Å². The van der Waals surface area contributed by atoms with E-state index in [1.807, 2.05) is 0 Å². The van der Waals surface area contributed by atoms with Gasteiger partial charge in [-0.2, -0.15) is 0 Å². The Morgan fingerprint density at radius 1 is 1.78 bits per heavy atom. The van der Waals surface area contributed by atoms with Crippen molar-refractivity contribution in [1.82, 2.24) is 15.5 Å². The number of amidine groups is 1. The van der Waals surface area contributed by atoms with Crippen LogP contribution < -0.4 is 10.9 Å². The van der Waals surface area contributed by atoms with Crippen LogP contribution in [0.4, 0.5) is 0 Å². The molecule has 0 saturated heterocycles. The Labute approximate surface area is 58.2 Å². The molecule has 1 rings (SSSR count). The Kier molecular flexibility index (Phi) is 1.92. The summed E-state index contributed by atoms with van der Waals surface area (Å²) in [5, 5.41) is 0. The molecule has 0 radical (unpaired) electrons. The molecule has 0 spiro atoms. The van der Waals surface area contributed by atoms with E-state index in [1.165, 1.54) is 4.64 Å². The van der Waals surface area contributed by atoms with Gasteiger partial charge in [0, 0.05) is 25.0 Å². The van der Waals surface area contributed by atoms with E-state index in [4.69, 9.17) is 11.8 Å². The second-order valence-electron chi connectivity index (χ2n) is 1.46. The molecule has 0 saturated carbocycles. The molecule has 1 heterocycles. The molecule has 0 aromatic heterocycles. The Morgan fingerprint density at radius 2 is 2.56 bits per heavy atom. The first-order valence-corrected chi connectivity index (χ1v) is 2.79. The normalized spacial score (nSPS) is 23.6. The molecule has 0 aromatic carbocycles. The lowest BCUT2D eigenvalue weighted by atomic mass is 10.5. The van der Waals surface area contributed by atoms with Crippen LogP contribution in [0.15, 0.2) is 17.3 Å². The molecule has 5 heteroatoms. The fourth-order valence-electron chi connectivity index (χ4n) is 0.476. The molecule has 4 nitrogen and oxygen atoms in total. The summed E-state index contributed by atoms with van der Waals surface area (Å²) >= 11 is 5.47. The van der Waals surface area contributed by atoms with E-state index in [-0.39, 0.29) is 0 Å². The van der Waals surface area contributed by atoms with Crippen LogP contribution in [0.25, 0.3) is 0 Å². The van der Waals surface area contributed by atoms with Gasteiger partial charge in [-0.25, -0.2) is 0 Å². The van der Waals surface area contributed by atoms with Gasteiger partial charge in [-0.05, 0) is 10.7 Å². The number of hydrogen-bond donors (Lipinski definition) is 2. The fourth-order valence-corrected chi connectivity index (χ4v) is 0.619. The molecular formula is C4H7ClN4. The third kappa shape index (κ3) is 1.58. The first-order chi connectivity index (χ1) is 4.33. The summed E-state index contributed by atoms with van der Waals surface area (Å²) in [6.45, 7) is 0. The van der Waals surface area contributed by atoms with Gasteiger partial charge in [0.2, 0.25) is 0 Å². The molecule has 0 aromatic rings. The minimum atomic E-state index is 0.726. The Morgan fingerprint density at radius 3 is 3.00 bits per heavy atom. The van der Waals surface area contributed by atoms with Crippen molar-refractivity contribution in [3.05, 3.63) is 12.3 Å². The standard InChI is InChI=1S/C4H7ClN4/c1-6-4-2-3-7-9(5)8-4/h2-3,7H,1H3,(H,6,8). The largest absolute Gasteiger partial charge is 0.294 e. The van der Waals surface area contributed by atoms with Crippen molar-refractivity contribution in [2.45, 2.75) is 0 Å². The lowest BCUT2D eigenvalue weighted by Crippen LogP contribution is -2.44. The van der Waals surface area contributed by atoms with Gasteiger partial charge in [0.05, 0.1) is 0 Å². The van der Waals surface area contributed by atoms with E-state index in [0.29, 0.717) is 0 Å². The number of nitrogens with one attached hydrogen (secondary N) is 2. The van der Waals surface area contributed by atoms with E-state index in [0.717, 1.165) is 5.84 Å². The number of hydrogen-bond acceptors (Lipinski definition) is 3. The van der Waals surface area contributed by atoms with E-state index < -0.39 is 0 Å². The third-order valence-corrected chi connectivity index (χ3v) is 1.06. The molecule has 0 unspecified atom stereocenters. The maximum Gasteiger partial charge on any atom is 0.139 e. The number of aliphatic imine (C=N–C) groups is 1. The maximum atomic E-state index is 5.47. The summed E-state index contributed by atoms with van der Waals surface area (Å²) in [4.78, 5) is 3.85. The van der Waals surface area contributed by atoms with Crippen LogP contribution in [0, 0.1) is 0 Å². The lowest BCUT2D eigenvalue weighted by Gasteiger charge is -2.18. The number of rotatable bonds is 0. The van der Waals surface area contributed by atoms with Gasteiger partial charge in [-0.15, -0.1) is 0 Å². The first kappa shape index (κ1) is 6.38. The van der Waals surface area contributed by atoms with E-state index >= 15 is 0 Å². The minimum Gasteiger partial charge on any atom is -0.294 e. The molecule has 1 aliphatic rings. The molecule has 0 amide bonds. The van der Waals surface area contributed by atoms with Gasteiger partial charge in [0.25, 0.3) is 0 Å². The second-order valence-corrected chi connectivity index (χ2v) is 1.80. The minimum absolute atomic E-state index is 0.726. The summed E-state index contributed by atoms with van der Waals surface area (Å²) < 4.78 is 1.20. The maximum absolute atomic E-state index is 5.47. The highest BCUT2D eigenvalue weighted by Gasteiger charge is 2.02. The average Bonchev–Trinajstić information content (AvgIpc) is 1.88. The van der Waals surface area contributed by atoms with Crippen LogP contribution in [-0.4, -0.2) is 17.5 Å². The number of halogens is 1. The predicted octanol–water partition coefficient (Wildman–Crippen LogP) is 0.00700. The molecule has 0 atom stereocenters. The zero-order chi connectivity index (χ0) is 6.69. The van der Waals surface area contributed by atoms with Crippen LogP contribution >= 0.6 is 11.8 Å². The van der Waals surface area contributed by atoms with Crippen LogP contribution in [0.3, 0.4) is 0 Å². The monoisotopic (exact) mass is 146 g/mol. The van der Waals surface area contributed by atoms with Crippen LogP contribution in [0.1, 0.15) is 0 Å². The molecule has 0 aliphatic carbocycles. The molecule has 2 N–H and O–H groups in total. The summed E-state index contributed by atoms with van der Waals surface area (Å²) in [7, 11) is 1.68. The molecule has 0 fully saturated rings. The Hall–Kier alpha value is -0.740. The summed E-state index contributed by atoms with van der Waals surface area (Å²) in [5.41, 5.74) is 5.39. The van der Waals surface area contributed by atoms with Gasteiger partial charge < -0.3 is 0 Å². The zero-order valence-corrected chi connectivity index (χ0v) is 5.68. The Bertz CT molecular complexity index is 153. The van der Waals surface area contributed by atoms with Gasteiger partial charge >= 0.3 is 0 Å². The van der Waals surface area contributed by atoms with E-state index in [2.05, 4.69) is 15.8 Å². The highest BCUT2D eigenvalue weighted by Crippen LogP contribution is 1.89. The van der Waals surface area contributed by atoms with Gasteiger partial charge in [-0.3, -0.25) is 15.8 Å². The van der Waals surface area contributed by atoms with Crippen molar-refractivity contribution in [1.29, 1.82) is 0 Å². The Balaban J connectivity index is 2.60. The van der Waals surface area contributed by atoms with Gasteiger partial charge in [0.15, 0.2) is 0 Å². The number of hydrazine groups is 2. The summed E-state index contributed by atoms with van der Waals surface area (Å²) in [5.74, 6) is 0.726. The van der Waals surface area contributed by atoms with Crippen molar-refractivity contribution < 1.29 is 0 Å². The van der Waals surface area contributed by atoms with Crippen molar-refractivity contribution >= 4 is 17.6 Å². The van der Waals surface area contributed by atoms with Crippen LogP contribution in [-0.2, 0) is 0 Å². The number of nitrogens with zero attached hydrogens (tertiary/aromatic N) is 2. The predicted molar refractivity (Wildman–Crippen MR) is 36.5 cm³/mol. The summed E-state index contributed by atoms with van der Waals surface area (Å²) in [6, 6.07) is 0. The first-order valence-electron chi connectivity index (χ1n) is 2.45. The average molecular weight is 147 g/mol. The quantitative estimate of drug-likeness (QED) is 0.473. The SMILES string of the molecule is CN=C1C=CNN(Cl)N1. The highest BCUT2D eigenvalue weighted by molar-refractivity contribution is 6.14. The van der Waals surface area contributed by atoms with Gasteiger partial charge in [-0.1, -0.05) is 0 Å². The van der Waals surface area contributed by atoms with Crippen LogP contribution in [0.2, 0.25) is 0 Å². The molecular weight excluding hydrogens is 140 g/mol. The van der Waals surface area contributed by atoms with E-state index in [9.17, 15) is 0 Å². The van der Waals surface area contributed by atoms with Gasteiger partial charge in [0.1, 0.15) is 5.84 Å². The zero-order valence-electron chi connectivity index (χ0n) is 4.93.